The molecular formula is C20H30Cl2N2O4Si. The molecule has 0 saturated carbocycles. The van der Waals surface area contributed by atoms with Gasteiger partial charge in [-0.2, -0.15) is 5.10 Å². The van der Waals surface area contributed by atoms with Crippen LogP contribution in [0.4, 0.5) is 0 Å². The molecule has 1 aliphatic heterocycles. The van der Waals surface area contributed by atoms with Gasteiger partial charge in [-0.1, -0.05) is 42.8 Å². The van der Waals surface area contributed by atoms with E-state index in [2.05, 4.69) is 24.7 Å². The van der Waals surface area contributed by atoms with Crippen molar-refractivity contribution in [2.24, 2.45) is 5.10 Å². The average molecular weight is 461 g/mol. The number of hydrogen-bond acceptors (Lipinski definition) is 6. The molecule has 6 nitrogen and oxygen atoms in total. The molecule has 1 aromatic carbocycles. The molecule has 0 radical (unpaired) electrons. The molecule has 9 heteroatoms. The van der Waals surface area contributed by atoms with Crippen molar-refractivity contribution in [1.29, 1.82) is 0 Å². The van der Waals surface area contributed by atoms with E-state index in [4.69, 9.17) is 37.4 Å². The number of halogens is 2. The molecule has 0 aromatic heterocycles. The van der Waals surface area contributed by atoms with E-state index in [1.54, 1.807) is 23.4 Å². The second-order valence-corrected chi connectivity index (χ2v) is 15.0. The first-order valence-corrected chi connectivity index (χ1v) is 14.1. The van der Waals surface area contributed by atoms with Gasteiger partial charge in [-0.25, -0.2) is 4.79 Å². The number of hydrogen-bond donors (Lipinski definition) is 0. The number of ether oxygens (including phenoxy) is 3. The molecule has 0 amide bonds. The molecule has 29 heavy (non-hydrogen) atoms. The molecule has 1 fully saturated rings. The predicted molar refractivity (Wildman–Crippen MR) is 120 cm³/mol. The lowest BCUT2D eigenvalue weighted by atomic mass is 10.0. The van der Waals surface area contributed by atoms with Crippen LogP contribution >= 0.6 is 23.2 Å². The maximum absolute atomic E-state index is 12.1. The van der Waals surface area contributed by atoms with E-state index in [1.807, 2.05) is 6.92 Å². The summed E-state index contributed by atoms with van der Waals surface area (Å²) in [5.74, 6) is 0.230. The SMILES string of the molecule is COC(=O)[C@@]1(C)CCCN1N=Cc1c(Cl)cc(OCOCC[Si](C)(C)C)cc1Cl. The Hall–Kier alpha value is -1.28. The molecule has 1 atom stereocenters. The maximum Gasteiger partial charge on any atom is 0.333 e. The fraction of sp³-hybridized carbons (Fsp3) is 0.600. The summed E-state index contributed by atoms with van der Waals surface area (Å²) in [6, 6.07) is 4.44. The van der Waals surface area contributed by atoms with E-state index in [1.165, 1.54) is 7.11 Å². The highest BCUT2D eigenvalue weighted by Crippen LogP contribution is 2.32. The second kappa shape index (κ2) is 10.2. The zero-order chi connectivity index (χ0) is 21.7. The molecule has 1 aromatic rings. The van der Waals surface area contributed by atoms with Crippen molar-refractivity contribution in [3.63, 3.8) is 0 Å². The van der Waals surface area contributed by atoms with Crippen LogP contribution < -0.4 is 4.74 Å². The Labute approximate surface area is 184 Å². The first kappa shape index (κ1) is 24.0. The Morgan fingerprint density at radius 1 is 1.31 bits per heavy atom. The van der Waals surface area contributed by atoms with Gasteiger partial charge in [0.25, 0.3) is 0 Å². The molecule has 0 unspecified atom stereocenters. The van der Waals surface area contributed by atoms with Gasteiger partial charge < -0.3 is 14.2 Å². The van der Waals surface area contributed by atoms with E-state index in [0.29, 0.717) is 40.9 Å². The Kier molecular flexibility index (Phi) is 8.40. The van der Waals surface area contributed by atoms with Crippen LogP contribution in [0.1, 0.15) is 25.3 Å². The number of benzene rings is 1. The van der Waals surface area contributed by atoms with E-state index >= 15 is 0 Å². The van der Waals surface area contributed by atoms with Crippen molar-refractivity contribution in [2.75, 3.05) is 27.1 Å². The van der Waals surface area contributed by atoms with Gasteiger partial charge in [0.15, 0.2) is 12.3 Å². The summed E-state index contributed by atoms with van der Waals surface area (Å²) in [4.78, 5) is 12.1. The molecular weight excluding hydrogens is 431 g/mol. The van der Waals surface area contributed by atoms with Gasteiger partial charge >= 0.3 is 5.97 Å². The quantitative estimate of drug-likeness (QED) is 0.169. The van der Waals surface area contributed by atoms with E-state index in [-0.39, 0.29) is 12.8 Å². The van der Waals surface area contributed by atoms with E-state index < -0.39 is 13.6 Å². The lowest BCUT2D eigenvalue weighted by Crippen LogP contribution is -2.45. The van der Waals surface area contributed by atoms with Crippen LogP contribution in [0.25, 0.3) is 0 Å². The van der Waals surface area contributed by atoms with Crippen molar-refractivity contribution in [2.45, 2.75) is 51.0 Å². The van der Waals surface area contributed by atoms with Crippen molar-refractivity contribution in [1.82, 2.24) is 5.01 Å². The number of rotatable bonds is 9. The fourth-order valence-electron chi connectivity index (χ4n) is 3.00. The molecule has 2 rings (SSSR count). The summed E-state index contributed by atoms with van der Waals surface area (Å²) >= 11 is 12.8. The normalized spacial score (nSPS) is 19.8. The fourth-order valence-corrected chi connectivity index (χ4v) is 4.32. The largest absolute Gasteiger partial charge is 0.467 e. The summed E-state index contributed by atoms with van der Waals surface area (Å²) in [6.45, 7) is 10.2. The monoisotopic (exact) mass is 460 g/mol. The van der Waals surface area contributed by atoms with Crippen molar-refractivity contribution < 1.29 is 19.0 Å². The second-order valence-electron chi connectivity index (χ2n) is 8.52. The Balaban J connectivity index is 2.00. The van der Waals surface area contributed by atoms with Gasteiger partial charge in [0.05, 0.1) is 23.4 Å². The third kappa shape index (κ3) is 6.60. The predicted octanol–water partition coefficient (Wildman–Crippen LogP) is 5.05. The Morgan fingerprint density at radius 2 is 1.97 bits per heavy atom. The molecule has 1 heterocycles. The van der Waals surface area contributed by atoms with Crippen LogP contribution in [-0.2, 0) is 14.3 Å². The number of carbonyl (C=O) groups excluding carboxylic acids is 1. The number of esters is 1. The molecule has 0 bridgehead atoms. The van der Waals surface area contributed by atoms with Gasteiger partial charge in [0.1, 0.15) is 5.75 Å². The van der Waals surface area contributed by atoms with Crippen LogP contribution in [-0.4, -0.2) is 57.9 Å². The first-order chi connectivity index (χ1) is 13.6. The van der Waals surface area contributed by atoms with Gasteiger partial charge in [-0.05, 0) is 37.9 Å². The van der Waals surface area contributed by atoms with Crippen molar-refractivity contribution >= 4 is 43.5 Å². The molecule has 0 aliphatic carbocycles. The third-order valence-electron chi connectivity index (χ3n) is 4.91. The minimum Gasteiger partial charge on any atom is -0.467 e. The summed E-state index contributed by atoms with van der Waals surface area (Å²) in [6.07, 6.45) is 3.11. The lowest BCUT2D eigenvalue weighted by molar-refractivity contribution is -0.152. The van der Waals surface area contributed by atoms with Crippen molar-refractivity contribution in [3.05, 3.63) is 27.7 Å². The van der Waals surface area contributed by atoms with Crippen LogP contribution in [0.5, 0.6) is 5.75 Å². The number of methoxy groups -OCH3 is 1. The van der Waals surface area contributed by atoms with Crippen molar-refractivity contribution in [3.8, 4) is 5.75 Å². The maximum atomic E-state index is 12.1. The van der Waals surface area contributed by atoms with Crippen LogP contribution in [0, 0.1) is 0 Å². The smallest absolute Gasteiger partial charge is 0.333 e. The number of nitrogens with zero attached hydrogens (tertiary/aromatic N) is 2. The van der Waals surface area contributed by atoms with E-state index in [9.17, 15) is 4.79 Å². The Bertz CT molecular complexity index is 731. The van der Waals surface area contributed by atoms with Gasteiger partial charge in [-0.3, -0.25) is 5.01 Å². The minimum atomic E-state index is -1.12. The summed E-state index contributed by atoms with van der Waals surface area (Å²) < 4.78 is 16.1. The summed E-state index contributed by atoms with van der Waals surface area (Å²) in [5.41, 5.74) is -0.208. The molecule has 1 aliphatic rings. The van der Waals surface area contributed by atoms with Gasteiger partial charge in [0.2, 0.25) is 0 Å². The standard InChI is InChI=1S/C20H30Cl2N2O4Si/c1-20(19(25)26-2)7-6-8-24(20)23-13-16-17(21)11-15(12-18(16)22)28-14-27-9-10-29(3,4)5/h11-13H,6-10,14H2,1-5H3/t20-/m1/s1. The van der Waals surface area contributed by atoms with E-state index in [0.717, 1.165) is 12.5 Å². The van der Waals surface area contributed by atoms with Gasteiger partial charge in [0, 0.05) is 26.8 Å². The minimum absolute atomic E-state index is 0.149. The highest BCUT2D eigenvalue weighted by Gasteiger charge is 2.44. The van der Waals surface area contributed by atoms with Crippen LogP contribution in [0.15, 0.2) is 17.2 Å². The molecule has 0 spiro atoms. The zero-order valence-electron chi connectivity index (χ0n) is 17.8. The lowest BCUT2D eigenvalue weighted by Gasteiger charge is -2.29. The average Bonchev–Trinajstić information content (AvgIpc) is 3.01. The zero-order valence-corrected chi connectivity index (χ0v) is 20.3. The summed E-state index contributed by atoms with van der Waals surface area (Å²) in [7, 11) is 0.261. The first-order valence-electron chi connectivity index (χ1n) is 9.66. The highest BCUT2D eigenvalue weighted by molar-refractivity contribution is 6.76. The van der Waals surface area contributed by atoms with Crippen LogP contribution in [0.3, 0.4) is 0 Å². The molecule has 0 N–H and O–H groups in total. The Morgan fingerprint density at radius 3 is 2.55 bits per heavy atom. The van der Waals surface area contributed by atoms with Crippen LogP contribution in [0.2, 0.25) is 35.7 Å². The molecule has 162 valence electrons. The number of carbonyl (C=O) groups is 1. The third-order valence-corrected chi connectivity index (χ3v) is 7.24. The topological polar surface area (TPSA) is 60.4 Å². The molecule has 1 saturated heterocycles. The number of hydrazone groups is 1. The van der Waals surface area contributed by atoms with Gasteiger partial charge in [-0.15, -0.1) is 0 Å². The highest BCUT2D eigenvalue weighted by atomic mass is 35.5. The summed E-state index contributed by atoms with van der Waals surface area (Å²) in [5, 5.41) is 7.01.